The molecule has 1 heterocycles. The van der Waals surface area contributed by atoms with Gasteiger partial charge in [0, 0.05) is 18.0 Å². The van der Waals surface area contributed by atoms with Crippen molar-refractivity contribution in [3.8, 4) is 0 Å². The van der Waals surface area contributed by atoms with Crippen LogP contribution in [0, 0.1) is 5.41 Å². The van der Waals surface area contributed by atoms with Gasteiger partial charge in [-0.1, -0.05) is 12.1 Å². The third-order valence-electron chi connectivity index (χ3n) is 6.57. The van der Waals surface area contributed by atoms with E-state index in [1.54, 1.807) is 7.05 Å². The molecular weight excluding hydrogens is 316 g/mol. The Kier molecular flexibility index (Phi) is 3.63. The Hall–Kier alpha value is -2.30. The van der Waals surface area contributed by atoms with Gasteiger partial charge in [0.25, 0.3) is 5.91 Å². The number of H-pyrrole nitrogens is 1. The van der Waals surface area contributed by atoms with Crippen LogP contribution in [0.3, 0.4) is 0 Å². The van der Waals surface area contributed by atoms with E-state index < -0.39 is 0 Å². The third-order valence-corrected chi connectivity index (χ3v) is 6.57. The molecule has 3 saturated carbocycles. The molecule has 1 amide bonds. The van der Waals surface area contributed by atoms with Gasteiger partial charge < -0.3 is 15.0 Å². The number of aromatic amines is 1. The van der Waals surface area contributed by atoms with Gasteiger partial charge in [-0.25, -0.2) is 0 Å². The SMILES string of the molecule is CNC(=O)c1cc2c(C34CCC(C(=O)OC)(CC3)CC4)cccc2[nH]1. The second kappa shape index (κ2) is 5.61. The minimum atomic E-state index is -0.268. The van der Waals surface area contributed by atoms with Gasteiger partial charge in [0.15, 0.2) is 0 Å². The fourth-order valence-electron chi connectivity index (χ4n) is 4.99. The lowest BCUT2D eigenvalue weighted by Gasteiger charge is -2.52. The molecule has 25 heavy (non-hydrogen) atoms. The lowest BCUT2D eigenvalue weighted by atomic mass is 9.51. The van der Waals surface area contributed by atoms with E-state index in [9.17, 15) is 9.59 Å². The molecule has 5 heteroatoms. The number of hydrogen-bond acceptors (Lipinski definition) is 3. The van der Waals surface area contributed by atoms with E-state index in [-0.39, 0.29) is 22.7 Å². The Bertz CT molecular complexity index is 827. The molecule has 1 aromatic carbocycles. The number of ether oxygens (including phenoxy) is 1. The van der Waals surface area contributed by atoms with Gasteiger partial charge in [-0.05, 0) is 61.6 Å². The number of carbonyl (C=O) groups excluding carboxylic acids is 2. The molecule has 0 spiro atoms. The fraction of sp³-hybridized carbons (Fsp3) is 0.500. The summed E-state index contributed by atoms with van der Waals surface area (Å²) in [6, 6.07) is 8.24. The lowest BCUT2D eigenvalue weighted by Crippen LogP contribution is -2.48. The number of aromatic nitrogens is 1. The Morgan fingerprint density at radius 1 is 1.12 bits per heavy atom. The van der Waals surface area contributed by atoms with E-state index in [1.165, 1.54) is 12.7 Å². The second-order valence-electron chi connectivity index (χ2n) is 7.58. The van der Waals surface area contributed by atoms with Crippen molar-refractivity contribution in [1.29, 1.82) is 0 Å². The van der Waals surface area contributed by atoms with Crippen molar-refractivity contribution < 1.29 is 14.3 Å². The van der Waals surface area contributed by atoms with Crippen LogP contribution in [0.25, 0.3) is 10.9 Å². The molecule has 3 aliphatic carbocycles. The number of nitrogens with one attached hydrogen (secondary N) is 2. The van der Waals surface area contributed by atoms with Gasteiger partial charge in [-0.15, -0.1) is 0 Å². The van der Waals surface area contributed by atoms with E-state index >= 15 is 0 Å². The summed E-state index contributed by atoms with van der Waals surface area (Å²) >= 11 is 0. The average Bonchev–Trinajstić information content (AvgIpc) is 3.12. The summed E-state index contributed by atoms with van der Waals surface area (Å²) in [5.74, 6) is -0.140. The first kappa shape index (κ1) is 16.2. The first-order chi connectivity index (χ1) is 12.0. The minimum Gasteiger partial charge on any atom is -0.469 e. The van der Waals surface area contributed by atoms with Crippen molar-refractivity contribution >= 4 is 22.8 Å². The second-order valence-corrected chi connectivity index (χ2v) is 7.58. The molecule has 2 N–H and O–H groups in total. The summed E-state index contributed by atoms with van der Waals surface area (Å²) in [5.41, 5.74) is 2.75. The Balaban J connectivity index is 1.73. The monoisotopic (exact) mass is 340 g/mol. The number of methoxy groups -OCH3 is 1. The fourth-order valence-corrected chi connectivity index (χ4v) is 4.99. The number of amides is 1. The standard InChI is InChI=1S/C20H24N2O3/c1-21-17(23)16-12-13-14(4-3-5-15(13)22-16)19-6-9-20(10-7-19,11-8-19)18(24)25-2/h3-5,12,22H,6-11H2,1-2H3,(H,21,23). The van der Waals surface area contributed by atoms with Crippen LogP contribution in [-0.4, -0.2) is 31.0 Å². The van der Waals surface area contributed by atoms with Crippen molar-refractivity contribution in [3.05, 3.63) is 35.5 Å². The molecule has 5 nitrogen and oxygen atoms in total. The minimum absolute atomic E-state index is 0.0393. The molecule has 1 aromatic heterocycles. The molecule has 5 rings (SSSR count). The normalized spacial score (nSPS) is 28.1. The highest BCUT2D eigenvalue weighted by molar-refractivity contribution is 5.99. The number of esters is 1. The summed E-state index contributed by atoms with van der Waals surface area (Å²) in [5, 5.41) is 3.81. The van der Waals surface area contributed by atoms with E-state index in [4.69, 9.17) is 4.74 Å². The highest BCUT2D eigenvalue weighted by Crippen LogP contribution is 2.59. The number of fused-ring (bicyclic) bond motifs is 4. The zero-order valence-corrected chi connectivity index (χ0v) is 14.8. The molecule has 3 aliphatic rings. The van der Waals surface area contributed by atoms with Crippen LogP contribution >= 0.6 is 0 Å². The lowest BCUT2D eigenvalue weighted by molar-refractivity contribution is -0.160. The van der Waals surface area contributed by atoms with E-state index in [2.05, 4.69) is 22.4 Å². The Labute approximate surface area is 147 Å². The predicted molar refractivity (Wildman–Crippen MR) is 95.5 cm³/mol. The molecule has 0 aliphatic heterocycles. The van der Waals surface area contributed by atoms with E-state index in [1.807, 2.05) is 12.1 Å². The maximum Gasteiger partial charge on any atom is 0.311 e. The van der Waals surface area contributed by atoms with Crippen molar-refractivity contribution in [3.63, 3.8) is 0 Å². The zero-order valence-electron chi connectivity index (χ0n) is 14.8. The van der Waals surface area contributed by atoms with E-state index in [0.29, 0.717) is 5.69 Å². The number of hydrogen-bond donors (Lipinski definition) is 2. The largest absolute Gasteiger partial charge is 0.469 e. The number of rotatable bonds is 3. The van der Waals surface area contributed by atoms with Gasteiger partial charge in [-0.2, -0.15) is 0 Å². The predicted octanol–water partition coefficient (Wildman–Crippen LogP) is 3.29. The highest BCUT2D eigenvalue weighted by atomic mass is 16.5. The highest BCUT2D eigenvalue weighted by Gasteiger charge is 2.53. The van der Waals surface area contributed by atoms with Gasteiger partial charge >= 0.3 is 5.97 Å². The average molecular weight is 340 g/mol. The van der Waals surface area contributed by atoms with E-state index in [0.717, 1.165) is 49.4 Å². The van der Waals surface area contributed by atoms with Crippen molar-refractivity contribution in [2.24, 2.45) is 5.41 Å². The van der Waals surface area contributed by atoms with Gasteiger partial charge in [-0.3, -0.25) is 9.59 Å². The maximum absolute atomic E-state index is 12.2. The Morgan fingerprint density at radius 2 is 1.80 bits per heavy atom. The van der Waals surface area contributed by atoms with Crippen LogP contribution in [0.5, 0.6) is 0 Å². The quantitative estimate of drug-likeness (QED) is 0.842. The molecule has 0 saturated heterocycles. The maximum atomic E-state index is 12.2. The zero-order chi connectivity index (χ0) is 17.7. The summed E-state index contributed by atoms with van der Waals surface area (Å²) in [7, 11) is 3.14. The summed E-state index contributed by atoms with van der Waals surface area (Å²) < 4.78 is 5.07. The summed E-state index contributed by atoms with van der Waals surface area (Å²) in [6.45, 7) is 0. The molecule has 3 fully saturated rings. The number of carbonyl (C=O) groups is 2. The van der Waals surface area contributed by atoms with Crippen molar-refractivity contribution in [2.75, 3.05) is 14.2 Å². The van der Waals surface area contributed by atoms with Gasteiger partial charge in [0.05, 0.1) is 12.5 Å². The molecule has 2 bridgehead atoms. The molecule has 0 radical (unpaired) electrons. The summed E-state index contributed by atoms with van der Waals surface area (Å²) in [4.78, 5) is 27.5. The number of benzene rings is 1. The first-order valence-corrected chi connectivity index (χ1v) is 8.96. The molecule has 132 valence electrons. The van der Waals surface area contributed by atoms with Crippen LogP contribution in [-0.2, 0) is 14.9 Å². The van der Waals surface area contributed by atoms with Crippen LogP contribution in [0.4, 0.5) is 0 Å². The van der Waals surface area contributed by atoms with Gasteiger partial charge in [0.2, 0.25) is 0 Å². The third kappa shape index (κ3) is 2.29. The molecular formula is C20H24N2O3. The smallest absolute Gasteiger partial charge is 0.311 e. The van der Waals surface area contributed by atoms with Crippen LogP contribution in [0.1, 0.15) is 54.6 Å². The van der Waals surface area contributed by atoms with Crippen molar-refractivity contribution in [2.45, 2.75) is 43.9 Å². The Morgan fingerprint density at radius 3 is 2.40 bits per heavy atom. The van der Waals surface area contributed by atoms with Crippen molar-refractivity contribution in [1.82, 2.24) is 10.3 Å². The molecule has 0 unspecified atom stereocenters. The van der Waals surface area contributed by atoms with Gasteiger partial charge in [0.1, 0.15) is 5.69 Å². The summed E-state index contributed by atoms with van der Waals surface area (Å²) in [6.07, 6.45) is 5.68. The molecule has 2 aromatic rings. The van der Waals surface area contributed by atoms with Crippen LogP contribution < -0.4 is 5.32 Å². The van der Waals surface area contributed by atoms with Crippen LogP contribution in [0.15, 0.2) is 24.3 Å². The topological polar surface area (TPSA) is 71.2 Å². The van der Waals surface area contributed by atoms with Crippen LogP contribution in [0.2, 0.25) is 0 Å². The molecule has 0 atom stereocenters. The first-order valence-electron chi connectivity index (χ1n) is 8.96.